The summed E-state index contributed by atoms with van der Waals surface area (Å²) >= 11 is 0. The summed E-state index contributed by atoms with van der Waals surface area (Å²) in [6, 6.07) is 5.54. The molecule has 1 aromatic heterocycles. The van der Waals surface area contributed by atoms with Gasteiger partial charge in [-0.05, 0) is 6.07 Å². The number of nitrogens with zero attached hydrogens (tertiary/aromatic N) is 1. The first-order chi connectivity index (χ1) is 5.36. The Labute approximate surface area is 65.4 Å². The largest absolute Gasteiger partial charge is 0.481 e. The van der Waals surface area contributed by atoms with Crippen LogP contribution in [0.3, 0.4) is 0 Å². The van der Waals surface area contributed by atoms with Gasteiger partial charge in [-0.15, -0.1) is 0 Å². The van der Waals surface area contributed by atoms with Crippen LogP contribution in [0.5, 0.6) is 5.88 Å². The van der Waals surface area contributed by atoms with Crippen molar-refractivity contribution < 1.29 is 4.74 Å². The molecule has 0 aromatic carbocycles. The van der Waals surface area contributed by atoms with E-state index in [4.69, 9.17) is 10.6 Å². The average Bonchev–Trinajstić information content (AvgIpc) is 2.06. The molecule has 0 aliphatic heterocycles. The lowest BCUT2D eigenvalue weighted by Gasteiger charge is -2.01. The summed E-state index contributed by atoms with van der Waals surface area (Å²) in [6.45, 7) is 0.553. The molecular formula is C7H11N3O. The smallest absolute Gasteiger partial charge is 0.213 e. The van der Waals surface area contributed by atoms with Gasteiger partial charge < -0.3 is 4.74 Å². The molecule has 0 aliphatic rings. The van der Waals surface area contributed by atoms with Gasteiger partial charge in [-0.3, -0.25) is 11.3 Å². The van der Waals surface area contributed by atoms with E-state index in [1.54, 1.807) is 13.2 Å². The molecule has 4 heteroatoms. The predicted octanol–water partition coefficient (Wildman–Crippen LogP) is 0.0535. The van der Waals surface area contributed by atoms with Crippen LogP contribution in [0.25, 0.3) is 0 Å². The molecule has 0 radical (unpaired) electrons. The summed E-state index contributed by atoms with van der Waals surface area (Å²) in [4.78, 5) is 4.12. The Balaban J connectivity index is 2.74. The first kappa shape index (κ1) is 7.97. The molecule has 0 fully saturated rings. The second-order valence-electron chi connectivity index (χ2n) is 2.05. The van der Waals surface area contributed by atoms with Gasteiger partial charge in [0, 0.05) is 6.07 Å². The minimum atomic E-state index is 0.553. The third-order valence-corrected chi connectivity index (χ3v) is 1.27. The van der Waals surface area contributed by atoms with Gasteiger partial charge in [-0.25, -0.2) is 4.98 Å². The van der Waals surface area contributed by atoms with Gasteiger partial charge in [0.15, 0.2) is 0 Å². The highest BCUT2D eigenvalue weighted by Gasteiger charge is 1.94. The maximum Gasteiger partial charge on any atom is 0.213 e. The van der Waals surface area contributed by atoms with E-state index < -0.39 is 0 Å². The maximum absolute atomic E-state index is 5.12. The van der Waals surface area contributed by atoms with Crippen molar-refractivity contribution in [3.8, 4) is 5.88 Å². The molecule has 3 N–H and O–H groups in total. The lowest BCUT2D eigenvalue weighted by molar-refractivity contribution is 0.395. The monoisotopic (exact) mass is 153 g/mol. The zero-order valence-corrected chi connectivity index (χ0v) is 6.37. The van der Waals surface area contributed by atoms with E-state index in [9.17, 15) is 0 Å². The van der Waals surface area contributed by atoms with E-state index in [2.05, 4.69) is 10.4 Å². The molecule has 0 bridgehead atoms. The molecule has 0 amide bonds. The number of hydrogen-bond donors (Lipinski definition) is 2. The topological polar surface area (TPSA) is 60.2 Å². The van der Waals surface area contributed by atoms with Crippen LogP contribution >= 0.6 is 0 Å². The number of ether oxygens (including phenoxy) is 1. The van der Waals surface area contributed by atoms with Crippen LogP contribution in [0.1, 0.15) is 5.69 Å². The fourth-order valence-corrected chi connectivity index (χ4v) is 0.774. The fourth-order valence-electron chi connectivity index (χ4n) is 0.774. The Morgan fingerprint density at radius 1 is 1.64 bits per heavy atom. The molecule has 1 aromatic rings. The first-order valence-corrected chi connectivity index (χ1v) is 3.30. The third kappa shape index (κ3) is 2.18. The summed E-state index contributed by atoms with van der Waals surface area (Å²) in [5.41, 5.74) is 3.38. The zero-order valence-electron chi connectivity index (χ0n) is 6.37. The number of methoxy groups -OCH3 is 1. The van der Waals surface area contributed by atoms with Crippen LogP contribution in [0.4, 0.5) is 0 Å². The summed E-state index contributed by atoms with van der Waals surface area (Å²) < 4.78 is 4.92. The SMILES string of the molecule is COc1cccc(CNN)n1. The van der Waals surface area contributed by atoms with Crippen LogP contribution in [-0.4, -0.2) is 12.1 Å². The standard InChI is InChI=1S/C7H11N3O/c1-11-7-4-2-3-6(10-7)5-9-8/h2-4,9H,5,8H2,1H3. The molecule has 11 heavy (non-hydrogen) atoms. The lowest BCUT2D eigenvalue weighted by atomic mass is 10.3. The van der Waals surface area contributed by atoms with Gasteiger partial charge in [0.1, 0.15) is 0 Å². The van der Waals surface area contributed by atoms with Crippen molar-refractivity contribution in [2.75, 3.05) is 7.11 Å². The normalized spacial score (nSPS) is 9.64. The quantitative estimate of drug-likeness (QED) is 0.476. The highest BCUT2D eigenvalue weighted by molar-refractivity contribution is 5.15. The molecule has 1 rings (SSSR count). The summed E-state index contributed by atoms with van der Waals surface area (Å²) in [5, 5.41) is 0. The second kappa shape index (κ2) is 3.90. The Kier molecular flexibility index (Phi) is 2.83. The van der Waals surface area contributed by atoms with E-state index in [0.717, 1.165) is 5.69 Å². The zero-order chi connectivity index (χ0) is 8.10. The van der Waals surface area contributed by atoms with Gasteiger partial charge >= 0.3 is 0 Å². The molecule has 4 nitrogen and oxygen atoms in total. The van der Waals surface area contributed by atoms with Crippen LogP contribution in [0.2, 0.25) is 0 Å². The van der Waals surface area contributed by atoms with E-state index in [1.165, 1.54) is 0 Å². The van der Waals surface area contributed by atoms with E-state index in [0.29, 0.717) is 12.4 Å². The fraction of sp³-hybridized carbons (Fsp3) is 0.286. The molecule has 1 heterocycles. The third-order valence-electron chi connectivity index (χ3n) is 1.27. The van der Waals surface area contributed by atoms with Gasteiger partial charge in [0.25, 0.3) is 0 Å². The van der Waals surface area contributed by atoms with Crippen LogP contribution < -0.4 is 16.0 Å². The van der Waals surface area contributed by atoms with E-state index >= 15 is 0 Å². The molecule has 0 saturated carbocycles. The van der Waals surface area contributed by atoms with E-state index in [-0.39, 0.29) is 0 Å². The molecule has 0 unspecified atom stereocenters. The van der Waals surface area contributed by atoms with Gasteiger partial charge in [0.2, 0.25) is 5.88 Å². The van der Waals surface area contributed by atoms with Gasteiger partial charge in [0.05, 0.1) is 19.3 Å². The Hall–Kier alpha value is -1.13. The lowest BCUT2D eigenvalue weighted by Crippen LogP contribution is -2.21. The summed E-state index contributed by atoms with van der Waals surface area (Å²) in [7, 11) is 1.59. The predicted molar refractivity (Wildman–Crippen MR) is 41.8 cm³/mol. The van der Waals surface area contributed by atoms with Crippen molar-refractivity contribution in [2.45, 2.75) is 6.54 Å². The Morgan fingerprint density at radius 2 is 2.45 bits per heavy atom. The van der Waals surface area contributed by atoms with Gasteiger partial charge in [-0.1, -0.05) is 6.07 Å². The average molecular weight is 153 g/mol. The summed E-state index contributed by atoms with van der Waals surface area (Å²) in [5.74, 6) is 5.73. The number of nitrogens with two attached hydrogens (primary N) is 1. The van der Waals surface area contributed by atoms with Crippen molar-refractivity contribution in [3.05, 3.63) is 23.9 Å². The number of rotatable bonds is 3. The minimum absolute atomic E-state index is 0.553. The van der Waals surface area contributed by atoms with Crippen molar-refractivity contribution in [2.24, 2.45) is 5.84 Å². The minimum Gasteiger partial charge on any atom is -0.481 e. The number of hydrazine groups is 1. The van der Waals surface area contributed by atoms with Gasteiger partial charge in [-0.2, -0.15) is 0 Å². The van der Waals surface area contributed by atoms with Crippen molar-refractivity contribution in [1.29, 1.82) is 0 Å². The van der Waals surface area contributed by atoms with E-state index in [1.807, 2.05) is 12.1 Å². The van der Waals surface area contributed by atoms with Crippen molar-refractivity contribution in [1.82, 2.24) is 10.4 Å². The number of aromatic nitrogens is 1. The number of nitrogens with one attached hydrogen (secondary N) is 1. The second-order valence-corrected chi connectivity index (χ2v) is 2.05. The number of hydrogen-bond acceptors (Lipinski definition) is 4. The van der Waals surface area contributed by atoms with Crippen molar-refractivity contribution in [3.63, 3.8) is 0 Å². The Bertz CT molecular complexity index is 227. The number of pyridine rings is 1. The molecule has 0 atom stereocenters. The molecular weight excluding hydrogens is 142 g/mol. The summed E-state index contributed by atoms with van der Waals surface area (Å²) in [6.07, 6.45) is 0. The molecule has 0 saturated heterocycles. The highest BCUT2D eigenvalue weighted by atomic mass is 16.5. The highest BCUT2D eigenvalue weighted by Crippen LogP contribution is 2.05. The maximum atomic E-state index is 5.12. The van der Waals surface area contributed by atoms with Crippen LogP contribution in [0.15, 0.2) is 18.2 Å². The molecule has 0 aliphatic carbocycles. The van der Waals surface area contributed by atoms with Crippen LogP contribution in [0, 0.1) is 0 Å². The van der Waals surface area contributed by atoms with Crippen molar-refractivity contribution >= 4 is 0 Å². The molecule has 60 valence electrons. The molecule has 0 spiro atoms. The van der Waals surface area contributed by atoms with Crippen LogP contribution in [-0.2, 0) is 6.54 Å². The Morgan fingerprint density at radius 3 is 3.09 bits per heavy atom. The first-order valence-electron chi connectivity index (χ1n) is 3.30.